The lowest BCUT2D eigenvalue weighted by atomic mass is 9.83. The van der Waals surface area contributed by atoms with Gasteiger partial charge in [0, 0.05) is 6.42 Å². The molecule has 0 unspecified atom stereocenters. The second kappa shape index (κ2) is 8.19. The molecule has 1 aromatic heterocycles. The summed E-state index contributed by atoms with van der Waals surface area (Å²) in [6, 6.07) is 2.13. The van der Waals surface area contributed by atoms with Crippen LogP contribution >= 0.6 is 0 Å². The van der Waals surface area contributed by atoms with Crippen molar-refractivity contribution in [3.8, 4) is 0 Å². The predicted molar refractivity (Wildman–Crippen MR) is 92.1 cm³/mol. The molecule has 0 bridgehead atoms. The van der Waals surface area contributed by atoms with E-state index in [4.69, 9.17) is 9.15 Å². The van der Waals surface area contributed by atoms with Gasteiger partial charge >= 0.3 is 0 Å². The Morgan fingerprint density at radius 1 is 1.05 bits per heavy atom. The van der Waals surface area contributed by atoms with Crippen LogP contribution in [-0.2, 0) is 11.2 Å². The van der Waals surface area contributed by atoms with E-state index in [0.29, 0.717) is 6.10 Å². The minimum atomic E-state index is 0.0887. The van der Waals surface area contributed by atoms with Gasteiger partial charge in [0.1, 0.15) is 11.9 Å². The molecule has 0 aliphatic carbocycles. The first-order chi connectivity index (χ1) is 10.5. The largest absolute Gasteiger partial charge is 0.466 e. The molecule has 0 aromatic carbocycles. The number of rotatable bonds is 8. The number of hydrogen-bond acceptors (Lipinski definition) is 2. The third-order valence-corrected chi connectivity index (χ3v) is 4.71. The summed E-state index contributed by atoms with van der Waals surface area (Å²) < 4.78 is 12.1. The molecule has 22 heavy (non-hydrogen) atoms. The summed E-state index contributed by atoms with van der Waals surface area (Å²) in [5.41, 5.74) is 1.45. The molecule has 2 rings (SSSR count). The molecule has 2 heteroatoms. The highest BCUT2D eigenvalue weighted by molar-refractivity contribution is 5.24. The minimum Gasteiger partial charge on any atom is -0.466 e. The van der Waals surface area contributed by atoms with Crippen molar-refractivity contribution >= 4 is 0 Å². The van der Waals surface area contributed by atoms with Gasteiger partial charge in [-0.15, -0.1) is 0 Å². The average molecular weight is 306 g/mol. The van der Waals surface area contributed by atoms with Crippen LogP contribution in [0.5, 0.6) is 0 Å². The van der Waals surface area contributed by atoms with Crippen molar-refractivity contribution in [3.63, 3.8) is 0 Å². The van der Waals surface area contributed by atoms with E-state index in [1.54, 1.807) is 0 Å². The van der Waals surface area contributed by atoms with Crippen LogP contribution in [0.1, 0.15) is 96.5 Å². The van der Waals surface area contributed by atoms with Crippen molar-refractivity contribution in [2.45, 2.75) is 97.7 Å². The summed E-state index contributed by atoms with van der Waals surface area (Å²) in [5, 5.41) is 0. The molecule has 0 saturated heterocycles. The van der Waals surface area contributed by atoms with E-state index < -0.39 is 0 Å². The highest BCUT2D eigenvalue weighted by Crippen LogP contribution is 2.43. The standard InChI is InChI=1S/C20H34O2/c1-5-6-7-8-9-10-11-12-17-15-16-13-14-21-18(16)19(22-17)20(2,3)4/h13-14,17,19H,5-12,15H2,1-4H3/t17-,19-/m1/s1. The maximum Gasteiger partial charge on any atom is 0.136 e. The lowest BCUT2D eigenvalue weighted by Gasteiger charge is -2.37. The van der Waals surface area contributed by atoms with Crippen LogP contribution in [0.15, 0.2) is 16.7 Å². The molecule has 1 aromatic rings. The fourth-order valence-corrected chi connectivity index (χ4v) is 3.39. The van der Waals surface area contributed by atoms with E-state index in [1.165, 1.54) is 56.9 Å². The summed E-state index contributed by atoms with van der Waals surface area (Å²) in [7, 11) is 0. The highest BCUT2D eigenvalue weighted by atomic mass is 16.5. The molecule has 0 amide bonds. The van der Waals surface area contributed by atoms with Gasteiger partial charge in [0.05, 0.1) is 12.4 Å². The molecule has 126 valence electrons. The Morgan fingerprint density at radius 3 is 2.41 bits per heavy atom. The van der Waals surface area contributed by atoms with Crippen LogP contribution in [0.25, 0.3) is 0 Å². The van der Waals surface area contributed by atoms with Crippen LogP contribution in [0.3, 0.4) is 0 Å². The SMILES string of the molecule is CCCCCCCCC[C@@H]1Cc2ccoc2[C@H](C(C)(C)C)O1. The quantitative estimate of drug-likeness (QED) is 0.515. The van der Waals surface area contributed by atoms with E-state index in [2.05, 4.69) is 33.8 Å². The molecule has 2 nitrogen and oxygen atoms in total. The maximum atomic E-state index is 6.39. The Labute approximate surface area is 136 Å². The van der Waals surface area contributed by atoms with Crippen molar-refractivity contribution in [1.82, 2.24) is 0 Å². The topological polar surface area (TPSA) is 22.4 Å². The van der Waals surface area contributed by atoms with Gasteiger partial charge in [-0.05, 0) is 23.5 Å². The predicted octanol–water partition coefficient (Wildman–Crippen LogP) is 6.45. The maximum absolute atomic E-state index is 6.39. The lowest BCUT2D eigenvalue weighted by molar-refractivity contribution is -0.0937. The molecule has 0 fully saturated rings. The molecule has 2 heterocycles. The smallest absolute Gasteiger partial charge is 0.136 e. The van der Waals surface area contributed by atoms with Gasteiger partial charge in [-0.25, -0.2) is 0 Å². The molecular weight excluding hydrogens is 272 g/mol. The number of ether oxygens (including phenoxy) is 1. The molecule has 1 aliphatic rings. The molecule has 0 N–H and O–H groups in total. The highest BCUT2D eigenvalue weighted by Gasteiger charge is 2.37. The zero-order valence-corrected chi connectivity index (χ0v) is 15.0. The van der Waals surface area contributed by atoms with Gasteiger partial charge in [0.15, 0.2) is 0 Å². The molecular formula is C20H34O2. The number of fused-ring (bicyclic) bond motifs is 1. The van der Waals surface area contributed by atoms with Crippen molar-refractivity contribution in [1.29, 1.82) is 0 Å². The molecule has 0 spiro atoms. The summed E-state index contributed by atoms with van der Waals surface area (Å²) in [6.45, 7) is 8.98. The second-order valence-electron chi connectivity index (χ2n) is 7.93. The van der Waals surface area contributed by atoms with E-state index >= 15 is 0 Å². The van der Waals surface area contributed by atoms with Gasteiger partial charge in [-0.1, -0.05) is 72.6 Å². The normalized spacial score (nSPS) is 21.8. The van der Waals surface area contributed by atoms with Crippen molar-refractivity contribution in [3.05, 3.63) is 23.7 Å². The van der Waals surface area contributed by atoms with E-state index in [1.807, 2.05) is 6.26 Å². The Hall–Kier alpha value is -0.760. The average Bonchev–Trinajstić information content (AvgIpc) is 2.92. The van der Waals surface area contributed by atoms with Crippen molar-refractivity contribution < 1.29 is 9.15 Å². The Morgan fingerprint density at radius 2 is 1.73 bits per heavy atom. The molecule has 1 aliphatic heterocycles. The van der Waals surface area contributed by atoms with Gasteiger partial charge in [0.2, 0.25) is 0 Å². The molecule has 0 saturated carbocycles. The second-order valence-corrected chi connectivity index (χ2v) is 7.93. The van der Waals surface area contributed by atoms with E-state index in [0.717, 1.165) is 12.2 Å². The third kappa shape index (κ3) is 4.87. The fraction of sp³-hybridized carbons (Fsp3) is 0.800. The van der Waals surface area contributed by atoms with Gasteiger partial charge in [0.25, 0.3) is 0 Å². The minimum absolute atomic E-state index is 0.0887. The lowest BCUT2D eigenvalue weighted by Crippen LogP contribution is -2.32. The first-order valence-corrected chi connectivity index (χ1v) is 9.24. The Balaban J connectivity index is 1.77. The first-order valence-electron chi connectivity index (χ1n) is 9.24. The van der Waals surface area contributed by atoms with Crippen LogP contribution < -0.4 is 0 Å². The van der Waals surface area contributed by atoms with Gasteiger partial charge in [-0.3, -0.25) is 0 Å². The zero-order chi connectivity index (χ0) is 16.0. The van der Waals surface area contributed by atoms with E-state index in [9.17, 15) is 0 Å². The summed E-state index contributed by atoms with van der Waals surface area (Å²) >= 11 is 0. The first kappa shape index (κ1) is 17.6. The number of furan rings is 1. The zero-order valence-electron chi connectivity index (χ0n) is 15.0. The van der Waals surface area contributed by atoms with Crippen LogP contribution in [0.2, 0.25) is 0 Å². The van der Waals surface area contributed by atoms with Crippen molar-refractivity contribution in [2.24, 2.45) is 5.41 Å². The van der Waals surface area contributed by atoms with E-state index in [-0.39, 0.29) is 11.5 Å². The monoisotopic (exact) mass is 306 g/mol. The summed E-state index contributed by atoms with van der Waals surface area (Å²) in [5.74, 6) is 1.06. The summed E-state index contributed by atoms with van der Waals surface area (Å²) in [4.78, 5) is 0. The summed E-state index contributed by atoms with van der Waals surface area (Å²) in [6.07, 6.45) is 14.0. The third-order valence-electron chi connectivity index (χ3n) is 4.71. The Kier molecular flexibility index (Phi) is 6.55. The molecule has 0 radical (unpaired) electrons. The van der Waals surface area contributed by atoms with Gasteiger partial charge < -0.3 is 9.15 Å². The van der Waals surface area contributed by atoms with Crippen molar-refractivity contribution in [2.75, 3.05) is 0 Å². The van der Waals surface area contributed by atoms with Crippen LogP contribution in [0, 0.1) is 5.41 Å². The number of hydrogen-bond donors (Lipinski definition) is 0. The van der Waals surface area contributed by atoms with Crippen LogP contribution in [-0.4, -0.2) is 6.10 Å². The fourth-order valence-electron chi connectivity index (χ4n) is 3.39. The van der Waals surface area contributed by atoms with Crippen LogP contribution in [0.4, 0.5) is 0 Å². The van der Waals surface area contributed by atoms with Gasteiger partial charge in [-0.2, -0.15) is 0 Å². The Bertz CT molecular complexity index is 427. The number of unbranched alkanes of at least 4 members (excludes halogenated alkanes) is 6. The molecule has 2 atom stereocenters.